The molecule has 0 aliphatic rings. The van der Waals surface area contributed by atoms with Gasteiger partial charge in [0.15, 0.2) is 16.7 Å². The van der Waals surface area contributed by atoms with Crippen molar-refractivity contribution >= 4 is 44.9 Å². The number of ether oxygens (including phenoxy) is 2. The minimum Gasteiger partial charge on any atom is -0.493 e. The molecule has 8 nitrogen and oxygen atoms in total. The molecular weight excluding hydrogens is 460 g/mol. The third-order valence-corrected chi connectivity index (χ3v) is 6.51. The van der Waals surface area contributed by atoms with Crippen LogP contribution in [0.25, 0.3) is 16.6 Å². The first-order valence-electron chi connectivity index (χ1n) is 9.70. The largest absolute Gasteiger partial charge is 0.493 e. The molecule has 0 saturated carbocycles. The maximum atomic E-state index is 13.4. The van der Waals surface area contributed by atoms with E-state index < -0.39 is 0 Å². The normalized spacial score (nSPS) is 10.6. The van der Waals surface area contributed by atoms with Crippen molar-refractivity contribution in [3.8, 4) is 23.3 Å². The van der Waals surface area contributed by atoms with Crippen molar-refractivity contribution < 1.29 is 14.3 Å². The summed E-state index contributed by atoms with van der Waals surface area (Å²) in [4.78, 5) is 30.6. The van der Waals surface area contributed by atoms with Gasteiger partial charge in [0, 0.05) is 6.07 Å². The first-order valence-corrected chi connectivity index (χ1v) is 11.6. The Bertz CT molecular complexity index is 1440. The molecule has 1 N–H and O–H groups in total. The average Bonchev–Trinajstić information content (AvgIpc) is 3.29. The predicted octanol–water partition coefficient (Wildman–Crippen LogP) is 4.07. The number of carbonyl (C=O) groups is 1. The number of rotatable bonds is 7. The highest BCUT2D eigenvalue weighted by molar-refractivity contribution is 7.99. The number of fused-ring (bicyclic) bond motifs is 1. The number of thioether (sulfide) groups is 1. The highest BCUT2D eigenvalue weighted by Gasteiger charge is 2.17. The van der Waals surface area contributed by atoms with E-state index in [0.717, 1.165) is 11.8 Å². The van der Waals surface area contributed by atoms with Crippen molar-refractivity contribution in [3.05, 3.63) is 69.8 Å². The van der Waals surface area contributed by atoms with Gasteiger partial charge in [0.2, 0.25) is 5.91 Å². The number of hydrogen-bond acceptors (Lipinski definition) is 8. The number of nitrogens with one attached hydrogen (secondary N) is 1. The monoisotopic (exact) mass is 478 g/mol. The second-order valence-electron chi connectivity index (χ2n) is 6.70. The van der Waals surface area contributed by atoms with Gasteiger partial charge in [-0.05, 0) is 35.7 Å². The van der Waals surface area contributed by atoms with Gasteiger partial charge in [0.05, 0.1) is 42.1 Å². The molecule has 0 unspecified atom stereocenters. The molecule has 2 heterocycles. The van der Waals surface area contributed by atoms with E-state index in [9.17, 15) is 9.59 Å². The number of carbonyl (C=O) groups excluding carboxylic acids is 1. The number of aromatic nitrogens is 2. The lowest BCUT2D eigenvalue weighted by Crippen LogP contribution is -2.23. The van der Waals surface area contributed by atoms with Crippen LogP contribution in [0.2, 0.25) is 0 Å². The smallest absolute Gasteiger partial charge is 0.266 e. The summed E-state index contributed by atoms with van der Waals surface area (Å²) in [6, 6.07) is 15.9. The number of benzene rings is 2. The van der Waals surface area contributed by atoms with Crippen molar-refractivity contribution in [2.75, 3.05) is 25.3 Å². The second-order valence-corrected chi connectivity index (χ2v) is 8.56. The van der Waals surface area contributed by atoms with Crippen LogP contribution in [0, 0.1) is 11.3 Å². The van der Waals surface area contributed by atoms with Gasteiger partial charge in [0.1, 0.15) is 11.1 Å². The van der Waals surface area contributed by atoms with Crippen molar-refractivity contribution in [3.63, 3.8) is 0 Å². The minimum absolute atomic E-state index is 0.000832. The summed E-state index contributed by atoms with van der Waals surface area (Å²) in [7, 11) is 3.05. The number of thiophene rings is 1. The Morgan fingerprint density at radius 3 is 2.73 bits per heavy atom. The Hall–Kier alpha value is -3.81. The van der Waals surface area contributed by atoms with Gasteiger partial charge in [0.25, 0.3) is 5.56 Å². The van der Waals surface area contributed by atoms with E-state index in [-0.39, 0.29) is 17.2 Å². The minimum atomic E-state index is -0.305. The summed E-state index contributed by atoms with van der Waals surface area (Å²) < 4.78 is 12.1. The SMILES string of the molecule is COc1ccc(-n2c(SCC(=O)Nc3sccc3C#N)nc3ccccc3c2=O)cc1OC. The summed E-state index contributed by atoms with van der Waals surface area (Å²) in [6.07, 6.45) is 0. The van der Waals surface area contributed by atoms with E-state index in [1.54, 1.807) is 53.9 Å². The zero-order chi connectivity index (χ0) is 23.4. The molecule has 0 saturated heterocycles. The molecule has 4 aromatic rings. The predicted molar refractivity (Wildman–Crippen MR) is 129 cm³/mol. The molecule has 0 radical (unpaired) electrons. The number of para-hydroxylation sites is 1. The van der Waals surface area contributed by atoms with E-state index in [2.05, 4.69) is 10.3 Å². The van der Waals surface area contributed by atoms with Crippen molar-refractivity contribution in [1.29, 1.82) is 5.26 Å². The van der Waals surface area contributed by atoms with E-state index >= 15 is 0 Å². The number of amides is 1. The number of anilines is 1. The Kier molecular flexibility index (Phi) is 6.63. The molecule has 0 spiro atoms. The zero-order valence-electron chi connectivity index (χ0n) is 17.7. The molecule has 10 heteroatoms. The highest BCUT2D eigenvalue weighted by Crippen LogP contribution is 2.31. The lowest BCUT2D eigenvalue weighted by molar-refractivity contribution is -0.113. The van der Waals surface area contributed by atoms with Gasteiger partial charge in [-0.2, -0.15) is 5.26 Å². The summed E-state index contributed by atoms with van der Waals surface area (Å²) >= 11 is 2.40. The third-order valence-electron chi connectivity index (χ3n) is 4.74. The summed E-state index contributed by atoms with van der Waals surface area (Å²) in [5.74, 6) is 0.687. The summed E-state index contributed by atoms with van der Waals surface area (Å²) in [6.45, 7) is 0. The molecule has 0 atom stereocenters. The summed E-state index contributed by atoms with van der Waals surface area (Å²) in [5, 5.41) is 14.9. The van der Waals surface area contributed by atoms with Crippen molar-refractivity contribution in [1.82, 2.24) is 9.55 Å². The quantitative estimate of drug-likeness (QED) is 0.315. The average molecular weight is 479 g/mol. The van der Waals surface area contributed by atoms with E-state index in [1.165, 1.54) is 30.1 Å². The number of methoxy groups -OCH3 is 2. The molecule has 4 rings (SSSR count). The van der Waals surface area contributed by atoms with Crippen LogP contribution in [-0.4, -0.2) is 35.4 Å². The van der Waals surface area contributed by atoms with E-state index in [0.29, 0.717) is 43.8 Å². The van der Waals surface area contributed by atoms with Crippen molar-refractivity contribution in [2.24, 2.45) is 0 Å². The van der Waals surface area contributed by atoms with Crippen LogP contribution in [-0.2, 0) is 4.79 Å². The van der Waals surface area contributed by atoms with Crippen LogP contribution >= 0.6 is 23.1 Å². The fraction of sp³-hybridized carbons (Fsp3) is 0.130. The maximum Gasteiger partial charge on any atom is 0.266 e. The molecule has 0 aliphatic heterocycles. The van der Waals surface area contributed by atoms with E-state index in [1.807, 2.05) is 6.07 Å². The summed E-state index contributed by atoms with van der Waals surface area (Å²) in [5.41, 5.74) is 1.21. The molecule has 0 bridgehead atoms. The number of hydrogen-bond donors (Lipinski definition) is 1. The first kappa shape index (κ1) is 22.4. The van der Waals surface area contributed by atoms with E-state index in [4.69, 9.17) is 14.7 Å². The van der Waals surface area contributed by atoms with Crippen LogP contribution < -0.4 is 20.3 Å². The molecule has 1 amide bonds. The Labute approximate surface area is 197 Å². The number of nitriles is 1. The Morgan fingerprint density at radius 2 is 1.97 bits per heavy atom. The fourth-order valence-electron chi connectivity index (χ4n) is 3.19. The van der Waals surface area contributed by atoms with Gasteiger partial charge in [-0.3, -0.25) is 14.2 Å². The molecule has 2 aromatic heterocycles. The maximum absolute atomic E-state index is 13.4. The van der Waals surface area contributed by atoms with Crippen LogP contribution in [0.15, 0.2) is 63.9 Å². The van der Waals surface area contributed by atoms with Crippen LogP contribution in [0.3, 0.4) is 0 Å². The second kappa shape index (κ2) is 9.77. The van der Waals surface area contributed by atoms with Gasteiger partial charge in [-0.1, -0.05) is 23.9 Å². The molecular formula is C23H18N4O4S2. The zero-order valence-corrected chi connectivity index (χ0v) is 19.3. The first-order chi connectivity index (χ1) is 16.0. The Balaban J connectivity index is 1.72. The highest BCUT2D eigenvalue weighted by atomic mass is 32.2. The third kappa shape index (κ3) is 4.55. The molecule has 2 aromatic carbocycles. The topological polar surface area (TPSA) is 106 Å². The molecule has 0 fully saturated rings. The molecule has 33 heavy (non-hydrogen) atoms. The van der Waals surface area contributed by atoms with Crippen LogP contribution in [0.4, 0.5) is 5.00 Å². The van der Waals surface area contributed by atoms with Gasteiger partial charge in [-0.15, -0.1) is 11.3 Å². The lowest BCUT2D eigenvalue weighted by Gasteiger charge is -2.15. The Morgan fingerprint density at radius 1 is 1.18 bits per heavy atom. The van der Waals surface area contributed by atoms with Gasteiger partial charge >= 0.3 is 0 Å². The van der Waals surface area contributed by atoms with Crippen molar-refractivity contribution in [2.45, 2.75) is 5.16 Å². The van der Waals surface area contributed by atoms with Crippen LogP contribution in [0.1, 0.15) is 5.56 Å². The van der Waals surface area contributed by atoms with Gasteiger partial charge in [-0.25, -0.2) is 4.98 Å². The molecule has 166 valence electrons. The van der Waals surface area contributed by atoms with Crippen LogP contribution in [0.5, 0.6) is 11.5 Å². The fourth-order valence-corrected chi connectivity index (χ4v) is 4.75. The lowest BCUT2D eigenvalue weighted by atomic mass is 10.2. The standard InChI is InChI=1S/C23H18N4O4S2/c1-30-18-8-7-15(11-19(18)31-2)27-22(29)16-5-3-4-6-17(16)25-23(27)33-13-20(28)26-21-14(12-24)9-10-32-21/h3-11H,13H2,1-2H3,(H,26,28). The molecule has 0 aliphatic carbocycles. The number of nitrogens with zero attached hydrogens (tertiary/aromatic N) is 3. The van der Waals surface area contributed by atoms with Gasteiger partial charge < -0.3 is 14.8 Å².